The van der Waals surface area contributed by atoms with Crippen molar-refractivity contribution in [1.29, 1.82) is 0 Å². The molecule has 0 atom stereocenters. The van der Waals surface area contributed by atoms with Crippen LogP contribution >= 0.6 is 0 Å². The summed E-state index contributed by atoms with van der Waals surface area (Å²) in [4.78, 5) is 0. The molecule has 0 amide bonds. The van der Waals surface area contributed by atoms with E-state index >= 15 is 0 Å². The molecule has 1 aromatic rings. The summed E-state index contributed by atoms with van der Waals surface area (Å²) in [6.45, 7) is 5.01. The van der Waals surface area contributed by atoms with Crippen LogP contribution in [0, 0.1) is 0 Å². The van der Waals surface area contributed by atoms with Gasteiger partial charge in [0, 0.05) is 12.1 Å². The van der Waals surface area contributed by atoms with Gasteiger partial charge in [-0.3, -0.25) is 0 Å². The number of aliphatic hydroxyl groups excluding tert-OH is 1. The maximum Gasteiger partial charge on any atom is 0.0607 e. The van der Waals surface area contributed by atoms with E-state index in [1.54, 1.807) is 0 Å². The Labute approximate surface area is 117 Å². The number of hydrogen-bond acceptors (Lipinski definition) is 2. The fourth-order valence-electron chi connectivity index (χ4n) is 2.74. The minimum Gasteiger partial charge on any atom is -0.394 e. The summed E-state index contributed by atoms with van der Waals surface area (Å²) in [5, 5.41) is 12.6. The van der Waals surface area contributed by atoms with Crippen molar-refractivity contribution in [3.63, 3.8) is 0 Å². The predicted molar refractivity (Wildman–Crippen MR) is 80.3 cm³/mol. The lowest BCUT2D eigenvalue weighted by molar-refractivity contribution is 0.187. The maximum atomic E-state index is 9.22. The highest BCUT2D eigenvalue weighted by atomic mass is 16.3. The molecule has 0 radical (unpaired) electrons. The van der Waals surface area contributed by atoms with Gasteiger partial charge >= 0.3 is 0 Å². The van der Waals surface area contributed by atoms with Crippen LogP contribution in [-0.2, 0) is 6.54 Å². The minimum atomic E-state index is -0.206. The summed E-state index contributed by atoms with van der Waals surface area (Å²) < 4.78 is 0. The summed E-state index contributed by atoms with van der Waals surface area (Å²) in [6.07, 6.45) is 6.90. The molecule has 0 spiro atoms. The molecule has 1 aliphatic rings. The molecule has 0 aromatic heterocycles. The molecular formula is C17H27NO. The van der Waals surface area contributed by atoms with Gasteiger partial charge in [-0.05, 0) is 43.7 Å². The van der Waals surface area contributed by atoms with Gasteiger partial charge in [0.05, 0.1) is 6.61 Å². The zero-order valence-electron chi connectivity index (χ0n) is 12.3. The van der Waals surface area contributed by atoms with E-state index in [-0.39, 0.29) is 12.1 Å². The van der Waals surface area contributed by atoms with Gasteiger partial charge in [-0.15, -0.1) is 0 Å². The third-order valence-corrected chi connectivity index (χ3v) is 4.22. The lowest BCUT2D eigenvalue weighted by Crippen LogP contribution is -2.42. The van der Waals surface area contributed by atoms with Gasteiger partial charge in [-0.2, -0.15) is 0 Å². The van der Waals surface area contributed by atoms with E-state index in [0.29, 0.717) is 0 Å². The van der Waals surface area contributed by atoms with E-state index < -0.39 is 0 Å². The smallest absolute Gasteiger partial charge is 0.0607 e. The second kappa shape index (κ2) is 6.53. The number of benzene rings is 1. The fourth-order valence-corrected chi connectivity index (χ4v) is 2.74. The SMILES string of the molecule is CC(C)(CO)NCc1ccc(C2CCCCC2)cc1. The first-order chi connectivity index (χ1) is 9.11. The average molecular weight is 261 g/mol. The molecular weight excluding hydrogens is 234 g/mol. The average Bonchev–Trinajstić information content (AvgIpc) is 2.47. The Bertz CT molecular complexity index is 377. The zero-order valence-corrected chi connectivity index (χ0v) is 12.3. The lowest BCUT2D eigenvalue weighted by Gasteiger charge is -2.24. The fraction of sp³-hybridized carbons (Fsp3) is 0.647. The van der Waals surface area contributed by atoms with Crippen LogP contribution in [0.25, 0.3) is 0 Å². The van der Waals surface area contributed by atoms with Crippen molar-refractivity contribution < 1.29 is 5.11 Å². The van der Waals surface area contributed by atoms with Crippen molar-refractivity contribution >= 4 is 0 Å². The van der Waals surface area contributed by atoms with Gasteiger partial charge in [-0.1, -0.05) is 43.5 Å². The molecule has 19 heavy (non-hydrogen) atoms. The van der Waals surface area contributed by atoms with E-state index in [2.05, 4.69) is 29.6 Å². The Kier molecular flexibility index (Phi) is 5.00. The topological polar surface area (TPSA) is 32.3 Å². The second-order valence-corrected chi connectivity index (χ2v) is 6.47. The quantitative estimate of drug-likeness (QED) is 0.849. The molecule has 2 heteroatoms. The monoisotopic (exact) mass is 261 g/mol. The van der Waals surface area contributed by atoms with Crippen LogP contribution < -0.4 is 5.32 Å². The summed E-state index contributed by atoms with van der Waals surface area (Å²) in [6, 6.07) is 9.03. The molecule has 1 fully saturated rings. The van der Waals surface area contributed by atoms with Crippen molar-refractivity contribution in [2.75, 3.05) is 6.61 Å². The van der Waals surface area contributed by atoms with Crippen molar-refractivity contribution in [2.24, 2.45) is 0 Å². The van der Waals surface area contributed by atoms with E-state index in [1.807, 2.05) is 13.8 Å². The van der Waals surface area contributed by atoms with Gasteiger partial charge in [0.25, 0.3) is 0 Å². The van der Waals surface area contributed by atoms with Gasteiger partial charge in [0.1, 0.15) is 0 Å². The number of nitrogens with one attached hydrogen (secondary N) is 1. The van der Waals surface area contributed by atoms with Gasteiger partial charge in [0.15, 0.2) is 0 Å². The van der Waals surface area contributed by atoms with E-state index in [1.165, 1.54) is 43.2 Å². The normalized spacial score (nSPS) is 17.6. The van der Waals surface area contributed by atoms with Crippen LogP contribution in [0.4, 0.5) is 0 Å². The third-order valence-electron chi connectivity index (χ3n) is 4.22. The molecule has 2 nitrogen and oxygen atoms in total. The molecule has 0 saturated heterocycles. The van der Waals surface area contributed by atoms with Crippen LogP contribution in [0.5, 0.6) is 0 Å². The van der Waals surface area contributed by atoms with Crippen LogP contribution in [-0.4, -0.2) is 17.3 Å². The molecule has 0 unspecified atom stereocenters. The third kappa shape index (κ3) is 4.32. The Morgan fingerprint density at radius 1 is 1.11 bits per heavy atom. The molecule has 0 aliphatic heterocycles. The number of hydrogen-bond donors (Lipinski definition) is 2. The Hall–Kier alpha value is -0.860. The molecule has 2 N–H and O–H groups in total. The van der Waals surface area contributed by atoms with Crippen molar-refractivity contribution in [1.82, 2.24) is 5.32 Å². The number of rotatable bonds is 5. The molecule has 1 aliphatic carbocycles. The molecule has 2 rings (SSSR count). The van der Waals surface area contributed by atoms with Gasteiger partial charge in [0.2, 0.25) is 0 Å². The van der Waals surface area contributed by atoms with Crippen molar-refractivity contribution in [3.8, 4) is 0 Å². The first kappa shape index (κ1) is 14.5. The predicted octanol–water partition coefficient (Wildman–Crippen LogP) is 3.59. The Balaban J connectivity index is 1.91. The first-order valence-corrected chi connectivity index (χ1v) is 7.55. The minimum absolute atomic E-state index is 0.160. The standard InChI is InChI=1S/C17H27NO/c1-17(2,13-19)18-12-14-8-10-16(11-9-14)15-6-4-3-5-7-15/h8-11,15,18-19H,3-7,12-13H2,1-2H3. The molecule has 0 bridgehead atoms. The summed E-state index contributed by atoms with van der Waals surface area (Å²) in [5.74, 6) is 0.782. The van der Waals surface area contributed by atoms with Crippen molar-refractivity contribution in [3.05, 3.63) is 35.4 Å². The molecule has 0 heterocycles. The molecule has 106 valence electrons. The lowest BCUT2D eigenvalue weighted by atomic mass is 9.84. The zero-order chi connectivity index (χ0) is 13.7. The van der Waals surface area contributed by atoms with Crippen molar-refractivity contribution in [2.45, 2.75) is 64.0 Å². The summed E-state index contributed by atoms with van der Waals surface area (Å²) in [5.41, 5.74) is 2.59. The van der Waals surface area contributed by atoms with E-state index in [9.17, 15) is 5.11 Å². The highest BCUT2D eigenvalue weighted by Gasteiger charge is 2.16. The van der Waals surface area contributed by atoms with Gasteiger partial charge < -0.3 is 10.4 Å². The summed E-state index contributed by atoms with van der Waals surface area (Å²) >= 11 is 0. The maximum absolute atomic E-state index is 9.22. The molecule has 1 saturated carbocycles. The Morgan fingerprint density at radius 2 is 1.74 bits per heavy atom. The van der Waals surface area contributed by atoms with Gasteiger partial charge in [-0.25, -0.2) is 0 Å². The second-order valence-electron chi connectivity index (χ2n) is 6.47. The van der Waals surface area contributed by atoms with Crippen LogP contribution in [0.3, 0.4) is 0 Å². The van der Waals surface area contributed by atoms with E-state index in [0.717, 1.165) is 12.5 Å². The summed E-state index contributed by atoms with van der Waals surface area (Å²) in [7, 11) is 0. The van der Waals surface area contributed by atoms with E-state index in [4.69, 9.17) is 0 Å². The first-order valence-electron chi connectivity index (χ1n) is 7.55. The number of aliphatic hydroxyl groups is 1. The highest BCUT2D eigenvalue weighted by molar-refractivity contribution is 5.25. The van der Waals surface area contributed by atoms with Crippen LogP contribution in [0.1, 0.15) is 63.0 Å². The largest absolute Gasteiger partial charge is 0.394 e. The highest BCUT2D eigenvalue weighted by Crippen LogP contribution is 2.32. The molecule has 1 aromatic carbocycles. The van der Waals surface area contributed by atoms with Crippen LogP contribution in [0.15, 0.2) is 24.3 Å². The van der Waals surface area contributed by atoms with Crippen LogP contribution in [0.2, 0.25) is 0 Å². The Morgan fingerprint density at radius 3 is 2.32 bits per heavy atom.